The zero-order valence-corrected chi connectivity index (χ0v) is 19.7. The first kappa shape index (κ1) is 22.0. The van der Waals surface area contributed by atoms with Crippen LogP contribution in [0.2, 0.25) is 0 Å². The number of aromatic nitrogens is 2. The van der Waals surface area contributed by atoms with Crippen LogP contribution in [0.3, 0.4) is 0 Å². The lowest BCUT2D eigenvalue weighted by Crippen LogP contribution is -2.51. The Morgan fingerprint density at radius 2 is 1.73 bits per heavy atom. The van der Waals surface area contributed by atoms with E-state index in [1.165, 1.54) is 16.6 Å². The highest BCUT2D eigenvalue weighted by Gasteiger charge is 2.30. The molecule has 0 spiro atoms. The first-order valence-electron chi connectivity index (χ1n) is 12.5. The highest BCUT2D eigenvalue weighted by molar-refractivity contribution is 5.80. The van der Waals surface area contributed by atoms with Gasteiger partial charge in [-0.25, -0.2) is 4.98 Å². The van der Waals surface area contributed by atoms with Gasteiger partial charge in [-0.05, 0) is 69.1 Å². The predicted octanol–water partition coefficient (Wildman–Crippen LogP) is 3.66. The van der Waals surface area contributed by atoms with Crippen molar-refractivity contribution in [1.29, 1.82) is 0 Å². The molecule has 4 heterocycles. The molecule has 2 saturated heterocycles. The maximum absolute atomic E-state index is 13.1. The number of amides is 1. The van der Waals surface area contributed by atoms with E-state index in [-0.39, 0.29) is 5.92 Å². The molecule has 2 aliphatic rings. The second-order valence-electron chi connectivity index (χ2n) is 9.33. The van der Waals surface area contributed by atoms with Crippen LogP contribution < -0.4 is 4.90 Å². The summed E-state index contributed by atoms with van der Waals surface area (Å²) in [5.74, 6) is 0.565. The minimum Gasteiger partial charge on any atom is -0.368 e. The van der Waals surface area contributed by atoms with Crippen LogP contribution in [0.5, 0.6) is 0 Å². The number of aryl methyl sites for hydroxylation is 1. The third-order valence-electron chi connectivity index (χ3n) is 7.40. The minimum atomic E-state index is 0.190. The number of piperazine rings is 1. The molecule has 5 rings (SSSR count). The van der Waals surface area contributed by atoms with Crippen LogP contribution in [0.4, 0.5) is 5.69 Å². The molecule has 0 saturated carbocycles. The summed E-state index contributed by atoms with van der Waals surface area (Å²) < 4.78 is 2.24. The Kier molecular flexibility index (Phi) is 6.63. The number of nitrogens with zero attached hydrogens (tertiary/aromatic N) is 5. The van der Waals surface area contributed by atoms with Crippen molar-refractivity contribution in [2.24, 2.45) is 5.92 Å². The molecule has 33 heavy (non-hydrogen) atoms. The molecule has 1 amide bonds. The van der Waals surface area contributed by atoms with Crippen molar-refractivity contribution in [3.05, 3.63) is 60.4 Å². The lowest BCUT2D eigenvalue weighted by Gasteiger charge is -2.39. The summed E-state index contributed by atoms with van der Waals surface area (Å²) >= 11 is 0. The summed E-state index contributed by atoms with van der Waals surface area (Å²) in [6, 6.07) is 14.7. The average molecular weight is 446 g/mol. The van der Waals surface area contributed by atoms with Gasteiger partial charge in [-0.1, -0.05) is 18.2 Å². The van der Waals surface area contributed by atoms with Gasteiger partial charge in [0.2, 0.25) is 5.91 Å². The quantitative estimate of drug-likeness (QED) is 0.581. The number of hydrogen-bond donors (Lipinski definition) is 0. The number of anilines is 1. The number of hydrogen-bond acceptors (Lipinski definition) is 4. The normalized spacial score (nSPS) is 18.2. The van der Waals surface area contributed by atoms with E-state index in [0.29, 0.717) is 5.91 Å². The van der Waals surface area contributed by atoms with Gasteiger partial charge in [0.1, 0.15) is 5.65 Å². The fourth-order valence-corrected chi connectivity index (χ4v) is 5.40. The molecular formula is C27H35N5O. The molecule has 6 heteroatoms. The van der Waals surface area contributed by atoms with E-state index in [2.05, 4.69) is 73.8 Å². The molecule has 0 radical (unpaired) electrons. The number of rotatable bonds is 6. The lowest BCUT2D eigenvalue weighted by atomic mass is 9.94. The highest BCUT2D eigenvalue weighted by atomic mass is 16.2. The van der Waals surface area contributed by atoms with Crippen molar-refractivity contribution < 1.29 is 4.79 Å². The number of carbonyl (C=O) groups excluding carboxylic acids is 1. The summed E-state index contributed by atoms with van der Waals surface area (Å²) in [7, 11) is 0. The SMILES string of the molecule is CCn1cc(CCN2CCC(C(=O)N3CCN(c4ccccc4)CC3)CC2)c2cccnc21. The molecule has 0 unspecified atom stereocenters. The zero-order chi connectivity index (χ0) is 22.6. The maximum Gasteiger partial charge on any atom is 0.225 e. The van der Waals surface area contributed by atoms with Crippen LogP contribution >= 0.6 is 0 Å². The van der Waals surface area contributed by atoms with Crippen molar-refractivity contribution in [1.82, 2.24) is 19.4 Å². The smallest absolute Gasteiger partial charge is 0.225 e. The Bertz CT molecular complexity index is 1060. The van der Waals surface area contributed by atoms with Gasteiger partial charge < -0.3 is 19.3 Å². The van der Waals surface area contributed by atoms with E-state index < -0.39 is 0 Å². The second-order valence-corrected chi connectivity index (χ2v) is 9.33. The van der Waals surface area contributed by atoms with Crippen LogP contribution in [-0.2, 0) is 17.8 Å². The topological polar surface area (TPSA) is 44.6 Å². The van der Waals surface area contributed by atoms with Gasteiger partial charge in [-0.15, -0.1) is 0 Å². The predicted molar refractivity (Wildman–Crippen MR) is 134 cm³/mol. The van der Waals surface area contributed by atoms with Gasteiger partial charge in [-0.3, -0.25) is 4.79 Å². The summed E-state index contributed by atoms with van der Waals surface area (Å²) in [6.45, 7) is 9.73. The lowest BCUT2D eigenvalue weighted by molar-refractivity contribution is -0.137. The number of likely N-dealkylation sites (tertiary alicyclic amines) is 1. The van der Waals surface area contributed by atoms with Gasteiger partial charge in [0, 0.05) is 68.7 Å². The number of pyridine rings is 1. The molecule has 174 valence electrons. The van der Waals surface area contributed by atoms with E-state index in [1.54, 1.807) is 0 Å². The van der Waals surface area contributed by atoms with E-state index in [4.69, 9.17) is 0 Å². The van der Waals surface area contributed by atoms with Crippen molar-refractivity contribution in [2.45, 2.75) is 32.7 Å². The van der Waals surface area contributed by atoms with Gasteiger partial charge in [0.15, 0.2) is 0 Å². The first-order chi connectivity index (χ1) is 16.2. The van der Waals surface area contributed by atoms with Crippen LogP contribution in [0.25, 0.3) is 11.0 Å². The van der Waals surface area contributed by atoms with Gasteiger partial charge in [-0.2, -0.15) is 0 Å². The first-order valence-corrected chi connectivity index (χ1v) is 12.5. The third kappa shape index (κ3) is 4.76. The number of piperidine rings is 1. The number of fused-ring (bicyclic) bond motifs is 1. The Hall–Kier alpha value is -2.86. The Morgan fingerprint density at radius 3 is 2.45 bits per heavy atom. The molecule has 0 bridgehead atoms. The highest BCUT2D eigenvalue weighted by Crippen LogP contribution is 2.24. The maximum atomic E-state index is 13.1. The molecule has 6 nitrogen and oxygen atoms in total. The minimum absolute atomic E-state index is 0.190. The van der Waals surface area contributed by atoms with E-state index in [1.807, 2.05) is 12.3 Å². The van der Waals surface area contributed by atoms with Crippen molar-refractivity contribution >= 4 is 22.6 Å². The van der Waals surface area contributed by atoms with Crippen LogP contribution in [0, 0.1) is 5.92 Å². The summed E-state index contributed by atoms with van der Waals surface area (Å²) in [6.07, 6.45) is 7.14. The average Bonchev–Trinajstić information content (AvgIpc) is 3.26. The van der Waals surface area contributed by atoms with E-state index >= 15 is 0 Å². The fraction of sp³-hybridized carbons (Fsp3) is 0.481. The number of carbonyl (C=O) groups is 1. The van der Waals surface area contributed by atoms with Crippen LogP contribution in [0.1, 0.15) is 25.3 Å². The molecular weight excluding hydrogens is 410 g/mol. The second kappa shape index (κ2) is 9.96. The summed E-state index contributed by atoms with van der Waals surface area (Å²) in [5.41, 5.74) is 3.73. The van der Waals surface area contributed by atoms with Crippen molar-refractivity contribution in [3.63, 3.8) is 0 Å². The Balaban J connectivity index is 1.09. The standard InChI is InChI=1S/C27H35N5O/c1-2-30-21-23(25-9-6-13-28-26(25)30)12-16-29-14-10-22(11-15-29)27(33)32-19-17-31(18-20-32)24-7-4-3-5-8-24/h3-9,13,21-22H,2,10-12,14-20H2,1H3. The number of benzene rings is 1. The molecule has 3 aromatic rings. The van der Waals surface area contributed by atoms with Gasteiger partial charge in [0.05, 0.1) is 0 Å². The van der Waals surface area contributed by atoms with Crippen molar-refractivity contribution in [2.75, 3.05) is 50.7 Å². The monoisotopic (exact) mass is 445 g/mol. The molecule has 2 aromatic heterocycles. The zero-order valence-electron chi connectivity index (χ0n) is 19.7. The molecule has 1 aromatic carbocycles. The molecule has 0 N–H and O–H groups in total. The summed E-state index contributed by atoms with van der Waals surface area (Å²) in [5, 5.41) is 1.28. The fourth-order valence-electron chi connectivity index (χ4n) is 5.40. The molecule has 0 atom stereocenters. The summed E-state index contributed by atoms with van der Waals surface area (Å²) in [4.78, 5) is 24.7. The van der Waals surface area contributed by atoms with Crippen LogP contribution in [-0.4, -0.2) is 71.1 Å². The van der Waals surface area contributed by atoms with Gasteiger partial charge in [0.25, 0.3) is 0 Å². The Morgan fingerprint density at radius 1 is 0.970 bits per heavy atom. The Labute approximate surface area is 196 Å². The van der Waals surface area contributed by atoms with Gasteiger partial charge >= 0.3 is 0 Å². The largest absolute Gasteiger partial charge is 0.368 e. The van der Waals surface area contributed by atoms with E-state index in [0.717, 1.165) is 77.3 Å². The van der Waals surface area contributed by atoms with Crippen LogP contribution in [0.15, 0.2) is 54.9 Å². The molecule has 0 aliphatic carbocycles. The molecule has 2 aliphatic heterocycles. The van der Waals surface area contributed by atoms with Crippen molar-refractivity contribution in [3.8, 4) is 0 Å². The molecule has 2 fully saturated rings. The number of para-hydroxylation sites is 1. The third-order valence-corrected chi connectivity index (χ3v) is 7.40. The van der Waals surface area contributed by atoms with E-state index in [9.17, 15) is 4.79 Å².